The van der Waals surface area contributed by atoms with Crippen LogP contribution in [-0.2, 0) is 15.5 Å². The van der Waals surface area contributed by atoms with Crippen LogP contribution in [0.3, 0.4) is 0 Å². The van der Waals surface area contributed by atoms with Crippen molar-refractivity contribution in [3.8, 4) is 0 Å². The molecule has 5 N–H and O–H groups in total. The number of aliphatic carboxylic acids is 1. The second kappa shape index (κ2) is 11.9. The number of nitrogens with two attached hydrogens (primary N) is 2. The maximum Gasteiger partial charge on any atom is 0.426 e. The second-order valence-electron chi connectivity index (χ2n) is 15.4. The van der Waals surface area contributed by atoms with Crippen LogP contribution in [0.2, 0.25) is 0 Å². The van der Waals surface area contributed by atoms with Gasteiger partial charge in [0.2, 0.25) is 0 Å². The smallest absolute Gasteiger partial charge is 0.426 e. The number of carbonyl (C=O) groups is 1. The summed E-state index contributed by atoms with van der Waals surface area (Å²) >= 11 is 0. The van der Waals surface area contributed by atoms with E-state index in [1.165, 1.54) is 0 Å². The fourth-order valence-corrected chi connectivity index (χ4v) is 10.6. The number of fused-ring (bicyclic) bond motifs is 5. The highest BCUT2D eigenvalue weighted by atomic mass is 19.4. The first-order valence-corrected chi connectivity index (χ1v) is 16.7. The second-order valence-corrected chi connectivity index (χ2v) is 15.4. The van der Waals surface area contributed by atoms with Gasteiger partial charge in [-0.05, 0) is 129 Å². The van der Waals surface area contributed by atoms with E-state index in [0.717, 1.165) is 38.2 Å². The third-order valence-corrected chi connectivity index (χ3v) is 13.0. The molecule has 5 nitrogen and oxygen atoms in total. The number of hydrogen-bond acceptors (Lipinski definition) is 4. The van der Waals surface area contributed by atoms with Crippen LogP contribution in [-0.4, -0.2) is 35.1 Å². The van der Waals surface area contributed by atoms with Crippen LogP contribution in [0.5, 0.6) is 0 Å². The summed E-state index contributed by atoms with van der Waals surface area (Å²) in [7, 11) is 0. The first kappa shape index (κ1) is 36.0. The summed E-state index contributed by atoms with van der Waals surface area (Å²) < 4.78 is 123. The number of halogens is 8. The zero-order valence-corrected chi connectivity index (χ0v) is 27.0. The Hall–Kier alpha value is -2.31. The molecule has 0 radical (unpaired) electrons. The average molecular weight is 683 g/mol. The van der Waals surface area contributed by atoms with Gasteiger partial charge in [0.1, 0.15) is 0 Å². The van der Waals surface area contributed by atoms with Gasteiger partial charge >= 0.3 is 29.8 Å². The molecule has 0 saturated heterocycles. The van der Waals surface area contributed by atoms with Gasteiger partial charge < -0.3 is 21.3 Å². The van der Waals surface area contributed by atoms with Crippen molar-refractivity contribution in [3.05, 3.63) is 23.8 Å². The van der Waals surface area contributed by atoms with Crippen LogP contribution in [0.1, 0.15) is 97.0 Å². The van der Waals surface area contributed by atoms with Crippen molar-refractivity contribution < 1.29 is 49.8 Å². The van der Waals surface area contributed by atoms with E-state index < -0.39 is 52.9 Å². The predicted molar refractivity (Wildman–Crippen MR) is 160 cm³/mol. The molecule has 4 aliphatic rings. The molecule has 0 bridgehead atoms. The van der Waals surface area contributed by atoms with Crippen LogP contribution in [0, 0.1) is 46.3 Å². The molecule has 1 aromatic rings. The minimum absolute atomic E-state index is 0.0596. The molecule has 0 aromatic heterocycles. The highest BCUT2D eigenvalue weighted by Gasteiger charge is 2.82. The molecule has 9 atom stereocenters. The number of carboxylic acid groups (broad SMARTS) is 1. The Bertz CT molecular complexity index is 1320. The first-order chi connectivity index (χ1) is 21.6. The quantitative estimate of drug-likeness (QED) is 0.169. The van der Waals surface area contributed by atoms with Crippen molar-refractivity contribution >= 4 is 17.3 Å². The highest BCUT2D eigenvalue weighted by Crippen LogP contribution is 2.69. The molecule has 47 heavy (non-hydrogen) atoms. The molecule has 4 fully saturated rings. The van der Waals surface area contributed by atoms with E-state index >= 15 is 0 Å². The Labute approximate surface area is 270 Å². The monoisotopic (exact) mass is 682 g/mol. The first-order valence-electron chi connectivity index (χ1n) is 16.7. The van der Waals surface area contributed by atoms with Crippen molar-refractivity contribution in [3.63, 3.8) is 0 Å². The van der Waals surface area contributed by atoms with Gasteiger partial charge in [0.25, 0.3) is 0 Å². The van der Waals surface area contributed by atoms with E-state index in [4.69, 9.17) is 11.5 Å². The number of ether oxygens (including phenoxy) is 1. The molecule has 1 aromatic carbocycles. The van der Waals surface area contributed by atoms with E-state index in [0.29, 0.717) is 37.0 Å². The molecule has 0 amide bonds. The summed E-state index contributed by atoms with van der Waals surface area (Å²) in [4.78, 5) is 11.2. The summed E-state index contributed by atoms with van der Waals surface area (Å²) in [5.41, 5.74) is 7.72. The lowest BCUT2D eigenvalue weighted by Gasteiger charge is -2.61. The Balaban J connectivity index is 1.28. The van der Waals surface area contributed by atoms with Gasteiger partial charge in [-0.25, -0.2) is 0 Å². The van der Waals surface area contributed by atoms with Crippen molar-refractivity contribution in [2.45, 2.75) is 121 Å². The minimum atomic E-state index is -6.57. The molecular weight excluding hydrogens is 636 g/mol. The van der Waals surface area contributed by atoms with Gasteiger partial charge in [0, 0.05) is 23.4 Å². The molecule has 0 heterocycles. The van der Waals surface area contributed by atoms with Gasteiger partial charge in [0.05, 0.1) is 6.10 Å². The van der Waals surface area contributed by atoms with Crippen LogP contribution < -0.4 is 11.5 Å². The average Bonchev–Trinajstić information content (AvgIpc) is 3.32. The number of nitrogen functional groups attached to an aromatic ring is 2. The Morgan fingerprint density at radius 2 is 1.47 bits per heavy atom. The number of rotatable bonds is 10. The van der Waals surface area contributed by atoms with Crippen LogP contribution in [0.25, 0.3) is 0 Å². The van der Waals surface area contributed by atoms with Crippen molar-refractivity contribution in [2.24, 2.45) is 46.3 Å². The maximum atomic E-state index is 15.0. The van der Waals surface area contributed by atoms with Crippen LogP contribution in [0.15, 0.2) is 18.2 Å². The van der Waals surface area contributed by atoms with E-state index in [-0.39, 0.29) is 60.0 Å². The Morgan fingerprint density at radius 3 is 2.09 bits per heavy atom. The fourth-order valence-electron chi connectivity index (χ4n) is 10.6. The predicted octanol–water partition coefficient (Wildman–Crippen LogP) is 9.35. The van der Waals surface area contributed by atoms with Gasteiger partial charge in [-0.3, -0.25) is 4.79 Å². The van der Waals surface area contributed by atoms with Crippen molar-refractivity contribution in [1.82, 2.24) is 0 Å². The van der Waals surface area contributed by atoms with Gasteiger partial charge in [-0.1, -0.05) is 20.8 Å². The number of carboxylic acids is 1. The lowest BCUT2D eigenvalue weighted by atomic mass is 9.44. The summed E-state index contributed by atoms with van der Waals surface area (Å²) in [6.07, 6.45) is -1.07. The molecule has 13 heteroatoms. The lowest BCUT2D eigenvalue weighted by molar-refractivity contribution is -0.439. The lowest BCUT2D eigenvalue weighted by Crippen LogP contribution is -2.63. The molecule has 4 aliphatic carbocycles. The van der Waals surface area contributed by atoms with E-state index in [2.05, 4.69) is 25.5 Å². The zero-order chi connectivity index (χ0) is 35.0. The van der Waals surface area contributed by atoms with E-state index in [1.807, 2.05) is 0 Å². The molecule has 4 saturated carbocycles. The molecule has 0 aliphatic heterocycles. The third kappa shape index (κ3) is 5.77. The minimum Gasteiger partial charge on any atom is -0.481 e. The third-order valence-electron chi connectivity index (χ3n) is 13.0. The number of anilines is 2. The molecule has 0 spiro atoms. The zero-order valence-electron chi connectivity index (χ0n) is 27.0. The van der Waals surface area contributed by atoms with E-state index in [9.17, 15) is 45.0 Å². The van der Waals surface area contributed by atoms with Crippen molar-refractivity contribution in [1.29, 1.82) is 0 Å². The maximum absolute atomic E-state index is 15.0. The largest absolute Gasteiger partial charge is 0.481 e. The normalized spacial score (nSPS) is 35.5. The summed E-state index contributed by atoms with van der Waals surface area (Å²) in [6, 6.07) is 1.51. The Kier molecular flexibility index (Phi) is 9.13. The summed E-state index contributed by atoms with van der Waals surface area (Å²) in [5.74, 6) is -18.1. The van der Waals surface area contributed by atoms with Gasteiger partial charge in [-0.15, -0.1) is 0 Å². The number of alkyl halides is 8. The van der Waals surface area contributed by atoms with E-state index in [1.54, 1.807) is 0 Å². The van der Waals surface area contributed by atoms with Gasteiger partial charge in [0.15, 0.2) is 0 Å². The molecule has 5 rings (SSSR count). The molecule has 2 unspecified atom stereocenters. The summed E-state index contributed by atoms with van der Waals surface area (Å²) in [5, 5.41) is 9.18. The SMILES string of the molecule is C[C@H](CCC(=O)O)[C@H]1CC[C@H]2[C@@H]3CCC4CC(OC(F)(F)C(F)(F)C(F)(F)C(F)(F)c5cc(N)cc(N)c5)CC[C@]4(C)[C@H]3CC[C@]12C. The fraction of sp³-hybridized carbons (Fsp3) is 0.794. The van der Waals surface area contributed by atoms with Crippen LogP contribution >= 0.6 is 0 Å². The highest BCUT2D eigenvalue weighted by molar-refractivity contribution is 5.66. The molecular formula is C34H46F8N2O3. The van der Waals surface area contributed by atoms with Crippen molar-refractivity contribution in [2.75, 3.05) is 11.5 Å². The topological polar surface area (TPSA) is 98.6 Å². The number of hydrogen-bond donors (Lipinski definition) is 3. The standard InChI is InChI=1S/C34H46F8N2O3/c1-18(4-9-28(45)46)25-7-8-26-24-6-5-19-16-23(10-12-29(19,2)27(24)11-13-30(25,26)3)47-34(41,42)33(39,40)32(37,38)31(35,36)20-14-21(43)17-22(44)15-20/h14-15,17-19,23-27H,4-13,16,43-44H2,1-3H3,(H,45,46)/t18-,19?,23?,24+,25-,26+,27+,29+,30-/m1/s1. The summed E-state index contributed by atoms with van der Waals surface area (Å²) in [6.45, 7) is 6.57. The Morgan fingerprint density at radius 1 is 0.872 bits per heavy atom. The van der Waals surface area contributed by atoms with Crippen LogP contribution in [0.4, 0.5) is 46.5 Å². The number of benzene rings is 1. The van der Waals surface area contributed by atoms with Gasteiger partial charge in [-0.2, -0.15) is 35.1 Å². The molecule has 266 valence electrons.